The molecule has 0 saturated heterocycles. The highest BCUT2D eigenvalue weighted by Gasteiger charge is 2.22. The van der Waals surface area contributed by atoms with Gasteiger partial charge in [-0.25, -0.2) is 9.78 Å². The van der Waals surface area contributed by atoms with Crippen molar-refractivity contribution >= 4 is 22.9 Å². The molecule has 7 heteroatoms. The first-order valence-electron chi connectivity index (χ1n) is 6.21. The zero-order chi connectivity index (χ0) is 13.8. The Kier molecular flexibility index (Phi) is 3.94. The molecule has 1 N–H and O–H groups in total. The molecular weight excluding hydrogens is 248 g/mol. The third-order valence-electron chi connectivity index (χ3n) is 2.74. The summed E-state index contributed by atoms with van der Waals surface area (Å²) in [5.41, 5.74) is 0.368. The molecule has 0 radical (unpaired) electrons. The van der Waals surface area contributed by atoms with Gasteiger partial charge in [0.25, 0.3) is 5.71 Å². The Hall–Kier alpha value is -2.18. The Morgan fingerprint density at radius 2 is 2.26 bits per heavy atom. The molecule has 0 aliphatic carbocycles. The number of fused-ring (bicyclic) bond motifs is 1. The van der Waals surface area contributed by atoms with Crippen molar-refractivity contribution < 1.29 is 14.1 Å². The molecule has 0 amide bonds. The predicted octanol–water partition coefficient (Wildman–Crippen LogP) is 2.00. The quantitative estimate of drug-likeness (QED) is 0.826. The van der Waals surface area contributed by atoms with Crippen LogP contribution in [0, 0.1) is 0 Å². The second kappa shape index (κ2) is 5.64. The molecule has 2 heterocycles. The third kappa shape index (κ3) is 2.64. The molecule has 0 aromatic carbocycles. The monoisotopic (exact) mass is 264 g/mol. The number of anilines is 1. The summed E-state index contributed by atoms with van der Waals surface area (Å²) < 4.78 is 9.97. The van der Waals surface area contributed by atoms with Crippen LogP contribution in [0.2, 0.25) is 0 Å². The molecule has 2 aromatic heterocycles. The standard InChI is InChI=1S/C12H16N4O3/c1-4-7(3)15-10-8-9(12(17)18-5-2)16-19-11(8)14-6-13-10/h6-7H,4-5H2,1-3H3,(H,13,14,15)/t7-/m1/s1. The minimum absolute atomic E-state index is 0.100. The van der Waals surface area contributed by atoms with E-state index in [1.165, 1.54) is 6.33 Å². The molecule has 7 nitrogen and oxygen atoms in total. The molecular formula is C12H16N4O3. The summed E-state index contributed by atoms with van der Waals surface area (Å²) in [6.45, 7) is 6.07. The lowest BCUT2D eigenvalue weighted by Gasteiger charge is -2.12. The fraction of sp³-hybridized carbons (Fsp3) is 0.500. The van der Waals surface area contributed by atoms with E-state index in [0.717, 1.165) is 6.42 Å². The maximum absolute atomic E-state index is 11.8. The van der Waals surface area contributed by atoms with Crippen LogP contribution in [-0.2, 0) is 4.74 Å². The number of carbonyl (C=O) groups is 1. The van der Waals surface area contributed by atoms with Gasteiger partial charge in [0.15, 0.2) is 0 Å². The number of carbonyl (C=O) groups excluding carboxylic acids is 1. The Bertz CT molecular complexity index is 581. The molecule has 102 valence electrons. The van der Waals surface area contributed by atoms with E-state index in [9.17, 15) is 4.79 Å². The lowest BCUT2D eigenvalue weighted by Crippen LogP contribution is -2.15. The molecule has 0 unspecified atom stereocenters. The van der Waals surface area contributed by atoms with E-state index in [0.29, 0.717) is 11.2 Å². The smallest absolute Gasteiger partial charge is 0.361 e. The van der Waals surface area contributed by atoms with Crippen molar-refractivity contribution in [2.75, 3.05) is 11.9 Å². The average Bonchev–Trinajstić information content (AvgIpc) is 2.84. The van der Waals surface area contributed by atoms with Gasteiger partial charge >= 0.3 is 5.97 Å². The highest BCUT2D eigenvalue weighted by Crippen LogP contribution is 2.24. The summed E-state index contributed by atoms with van der Waals surface area (Å²) in [6, 6.07) is 0.211. The Morgan fingerprint density at radius 1 is 1.47 bits per heavy atom. The largest absolute Gasteiger partial charge is 0.461 e. The summed E-state index contributed by atoms with van der Waals surface area (Å²) in [5.74, 6) is -0.00750. The van der Waals surface area contributed by atoms with E-state index in [1.54, 1.807) is 6.92 Å². The van der Waals surface area contributed by atoms with Crippen LogP contribution in [0.25, 0.3) is 11.1 Å². The van der Waals surface area contributed by atoms with Crippen molar-refractivity contribution in [3.8, 4) is 0 Å². The zero-order valence-corrected chi connectivity index (χ0v) is 11.1. The van der Waals surface area contributed by atoms with Crippen molar-refractivity contribution in [1.29, 1.82) is 0 Å². The van der Waals surface area contributed by atoms with Crippen LogP contribution in [0.4, 0.5) is 5.82 Å². The molecule has 0 saturated carbocycles. The molecule has 2 rings (SSSR count). The predicted molar refractivity (Wildman–Crippen MR) is 68.9 cm³/mol. The van der Waals surface area contributed by atoms with Gasteiger partial charge in [0.1, 0.15) is 17.5 Å². The first-order chi connectivity index (χ1) is 9.17. The molecule has 0 aliphatic rings. The number of hydrogen-bond donors (Lipinski definition) is 1. The van der Waals surface area contributed by atoms with Crippen LogP contribution in [0.1, 0.15) is 37.7 Å². The molecule has 0 fully saturated rings. The van der Waals surface area contributed by atoms with E-state index in [2.05, 4.69) is 27.4 Å². The summed E-state index contributed by atoms with van der Waals surface area (Å²) in [6.07, 6.45) is 2.29. The van der Waals surface area contributed by atoms with Crippen LogP contribution in [0.15, 0.2) is 10.9 Å². The fourth-order valence-electron chi connectivity index (χ4n) is 1.57. The van der Waals surface area contributed by atoms with Crippen molar-refractivity contribution in [2.45, 2.75) is 33.2 Å². The maximum atomic E-state index is 11.8. The third-order valence-corrected chi connectivity index (χ3v) is 2.74. The van der Waals surface area contributed by atoms with Gasteiger partial charge < -0.3 is 14.6 Å². The Balaban J connectivity index is 2.46. The summed E-state index contributed by atoms with van der Waals surface area (Å²) in [5, 5.41) is 7.37. The van der Waals surface area contributed by atoms with Gasteiger partial charge in [0.05, 0.1) is 6.61 Å². The molecule has 0 bridgehead atoms. The highest BCUT2D eigenvalue weighted by molar-refractivity contribution is 6.04. The van der Waals surface area contributed by atoms with Crippen LogP contribution in [0.3, 0.4) is 0 Å². The van der Waals surface area contributed by atoms with E-state index in [-0.39, 0.29) is 24.1 Å². The number of rotatable bonds is 5. The molecule has 19 heavy (non-hydrogen) atoms. The normalized spacial score (nSPS) is 12.4. The molecule has 0 aliphatic heterocycles. The van der Waals surface area contributed by atoms with E-state index in [1.807, 2.05) is 6.92 Å². The van der Waals surface area contributed by atoms with Crippen molar-refractivity contribution in [3.05, 3.63) is 12.0 Å². The van der Waals surface area contributed by atoms with E-state index >= 15 is 0 Å². The minimum Gasteiger partial charge on any atom is -0.461 e. The van der Waals surface area contributed by atoms with Gasteiger partial charge in [0, 0.05) is 6.04 Å². The van der Waals surface area contributed by atoms with Crippen molar-refractivity contribution in [1.82, 2.24) is 15.1 Å². The molecule has 1 atom stereocenters. The van der Waals surface area contributed by atoms with Gasteiger partial charge in [-0.05, 0) is 20.3 Å². The maximum Gasteiger partial charge on any atom is 0.361 e. The second-order valence-corrected chi connectivity index (χ2v) is 4.11. The SMILES string of the molecule is CCOC(=O)c1noc2ncnc(N[C@H](C)CC)c12. The van der Waals surface area contributed by atoms with Gasteiger partial charge in [-0.1, -0.05) is 12.1 Å². The fourth-order valence-corrected chi connectivity index (χ4v) is 1.57. The van der Waals surface area contributed by atoms with E-state index in [4.69, 9.17) is 9.26 Å². The van der Waals surface area contributed by atoms with Crippen LogP contribution in [-0.4, -0.2) is 33.7 Å². The number of aromatic nitrogens is 3. The summed E-state index contributed by atoms with van der Waals surface area (Å²) in [4.78, 5) is 19.9. The lowest BCUT2D eigenvalue weighted by atomic mass is 10.2. The number of esters is 1. The van der Waals surface area contributed by atoms with Gasteiger partial charge in [0.2, 0.25) is 5.69 Å². The number of nitrogens with one attached hydrogen (secondary N) is 1. The molecule has 2 aromatic rings. The van der Waals surface area contributed by atoms with Crippen molar-refractivity contribution in [2.24, 2.45) is 0 Å². The highest BCUT2D eigenvalue weighted by atomic mass is 16.5. The van der Waals surface area contributed by atoms with Crippen molar-refractivity contribution in [3.63, 3.8) is 0 Å². The van der Waals surface area contributed by atoms with Crippen LogP contribution < -0.4 is 5.32 Å². The zero-order valence-electron chi connectivity index (χ0n) is 11.1. The average molecular weight is 264 g/mol. The van der Waals surface area contributed by atoms with Crippen LogP contribution >= 0.6 is 0 Å². The lowest BCUT2D eigenvalue weighted by molar-refractivity contribution is 0.0517. The second-order valence-electron chi connectivity index (χ2n) is 4.11. The Morgan fingerprint density at radius 3 is 2.95 bits per heavy atom. The minimum atomic E-state index is -0.539. The number of ether oxygens (including phenoxy) is 1. The first kappa shape index (κ1) is 13.3. The van der Waals surface area contributed by atoms with Gasteiger partial charge in [-0.2, -0.15) is 4.98 Å². The number of hydrogen-bond acceptors (Lipinski definition) is 7. The van der Waals surface area contributed by atoms with Gasteiger partial charge in [-0.15, -0.1) is 0 Å². The summed E-state index contributed by atoms with van der Waals surface area (Å²) >= 11 is 0. The first-order valence-corrected chi connectivity index (χ1v) is 6.21. The Labute approximate surface area is 110 Å². The van der Waals surface area contributed by atoms with E-state index < -0.39 is 5.97 Å². The molecule has 0 spiro atoms. The topological polar surface area (TPSA) is 90.1 Å². The van der Waals surface area contributed by atoms with Crippen LogP contribution in [0.5, 0.6) is 0 Å². The van der Waals surface area contributed by atoms with Gasteiger partial charge in [-0.3, -0.25) is 0 Å². The number of nitrogens with zero attached hydrogens (tertiary/aromatic N) is 3. The summed E-state index contributed by atoms with van der Waals surface area (Å²) in [7, 11) is 0.